The van der Waals surface area contributed by atoms with Crippen molar-refractivity contribution in [2.75, 3.05) is 13.7 Å². The van der Waals surface area contributed by atoms with Gasteiger partial charge < -0.3 is 10.1 Å². The lowest BCUT2D eigenvalue weighted by molar-refractivity contribution is 0.117. The maximum Gasteiger partial charge on any atom is 0.137 e. The van der Waals surface area contributed by atoms with Crippen LogP contribution in [0.4, 0.5) is 4.39 Å². The molecule has 0 radical (unpaired) electrons. The molecule has 4 heteroatoms. The number of hydrogen-bond donors (Lipinski definition) is 1. The maximum atomic E-state index is 13.2. The molecule has 2 rings (SSSR count). The molecular weight excluding hydrogens is 285 g/mol. The van der Waals surface area contributed by atoms with Crippen LogP contribution in [0.1, 0.15) is 24.9 Å². The molecule has 1 fully saturated rings. The molecule has 17 heavy (non-hydrogen) atoms. The van der Waals surface area contributed by atoms with Gasteiger partial charge in [-0.25, -0.2) is 4.39 Å². The van der Waals surface area contributed by atoms with Gasteiger partial charge in [0.05, 0.1) is 17.2 Å². The van der Waals surface area contributed by atoms with Crippen LogP contribution >= 0.6 is 15.9 Å². The fourth-order valence-electron chi connectivity index (χ4n) is 2.46. The highest BCUT2D eigenvalue weighted by atomic mass is 79.9. The van der Waals surface area contributed by atoms with Crippen molar-refractivity contribution < 1.29 is 9.13 Å². The Kier molecular flexibility index (Phi) is 4.17. The quantitative estimate of drug-likeness (QED) is 0.925. The van der Waals surface area contributed by atoms with Crippen LogP contribution in [0.15, 0.2) is 22.7 Å². The van der Waals surface area contributed by atoms with Gasteiger partial charge in [0.2, 0.25) is 0 Å². The minimum absolute atomic E-state index is 0.219. The van der Waals surface area contributed by atoms with Gasteiger partial charge in [0.15, 0.2) is 0 Å². The maximum absolute atomic E-state index is 13.2. The lowest BCUT2D eigenvalue weighted by Gasteiger charge is -2.22. The predicted molar refractivity (Wildman–Crippen MR) is 69.4 cm³/mol. The van der Waals surface area contributed by atoms with E-state index in [1.165, 1.54) is 6.07 Å². The van der Waals surface area contributed by atoms with Crippen molar-refractivity contribution in [1.82, 2.24) is 5.32 Å². The molecule has 0 bridgehead atoms. The zero-order chi connectivity index (χ0) is 12.4. The van der Waals surface area contributed by atoms with E-state index >= 15 is 0 Å². The zero-order valence-corrected chi connectivity index (χ0v) is 11.6. The minimum Gasteiger partial charge on any atom is -0.378 e. The van der Waals surface area contributed by atoms with Crippen LogP contribution in [-0.4, -0.2) is 19.8 Å². The topological polar surface area (TPSA) is 21.3 Å². The predicted octanol–water partition coefficient (Wildman–Crippen LogP) is 3.27. The van der Waals surface area contributed by atoms with Crippen LogP contribution in [0.5, 0.6) is 0 Å². The molecule has 0 amide bonds. The van der Waals surface area contributed by atoms with Gasteiger partial charge in [-0.3, -0.25) is 0 Å². The van der Waals surface area contributed by atoms with E-state index in [1.54, 1.807) is 0 Å². The first-order valence-electron chi connectivity index (χ1n) is 5.85. The number of ether oxygens (including phenoxy) is 1. The van der Waals surface area contributed by atoms with E-state index in [9.17, 15) is 4.39 Å². The number of rotatable bonds is 3. The van der Waals surface area contributed by atoms with E-state index < -0.39 is 0 Å². The molecule has 1 heterocycles. The molecule has 0 saturated carbocycles. The molecule has 3 atom stereocenters. The molecule has 1 aromatic rings. The molecule has 1 saturated heterocycles. The number of nitrogens with one attached hydrogen (secondary N) is 1. The van der Waals surface area contributed by atoms with Crippen LogP contribution in [0, 0.1) is 11.7 Å². The van der Waals surface area contributed by atoms with Gasteiger partial charge in [0.25, 0.3) is 0 Å². The van der Waals surface area contributed by atoms with E-state index in [0.29, 0.717) is 16.5 Å². The second kappa shape index (κ2) is 5.46. The second-order valence-corrected chi connectivity index (χ2v) is 5.43. The SMILES string of the molecule is CNC(c1ccc(F)c(Br)c1)C1COC(C)C1. The largest absolute Gasteiger partial charge is 0.378 e. The first-order chi connectivity index (χ1) is 8.11. The summed E-state index contributed by atoms with van der Waals surface area (Å²) >= 11 is 3.23. The highest BCUT2D eigenvalue weighted by Gasteiger charge is 2.29. The first kappa shape index (κ1) is 13.0. The minimum atomic E-state index is -0.223. The summed E-state index contributed by atoms with van der Waals surface area (Å²) in [7, 11) is 1.94. The summed E-state index contributed by atoms with van der Waals surface area (Å²) in [5.41, 5.74) is 1.10. The van der Waals surface area contributed by atoms with Gasteiger partial charge in [-0.1, -0.05) is 6.07 Å². The highest BCUT2D eigenvalue weighted by molar-refractivity contribution is 9.10. The van der Waals surface area contributed by atoms with Crippen LogP contribution < -0.4 is 5.32 Å². The van der Waals surface area contributed by atoms with Crippen molar-refractivity contribution in [3.63, 3.8) is 0 Å². The van der Waals surface area contributed by atoms with Crippen LogP contribution in [-0.2, 0) is 4.74 Å². The third-order valence-electron chi connectivity index (χ3n) is 3.31. The molecule has 1 N–H and O–H groups in total. The fraction of sp³-hybridized carbons (Fsp3) is 0.538. The van der Waals surface area contributed by atoms with Crippen LogP contribution in [0.3, 0.4) is 0 Å². The fourth-order valence-corrected chi connectivity index (χ4v) is 2.86. The van der Waals surface area contributed by atoms with Crippen LogP contribution in [0.2, 0.25) is 0 Å². The van der Waals surface area contributed by atoms with Gasteiger partial charge in [0, 0.05) is 12.0 Å². The van der Waals surface area contributed by atoms with Crippen molar-refractivity contribution in [1.29, 1.82) is 0 Å². The van der Waals surface area contributed by atoms with E-state index in [-0.39, 0.29) is 11.9 Å². The van der Waals surface area contributed by atoms with Crippen LogP contribution in [0.25, 0.3) is 0 Å². The summed E-state index contributed by atoms with van der Waals surface area (Å²) in [5.74, 6) is 0.229. The van der Waals surface area contributed by atoms with E-state index in [1.807, 2.05) is 19.2 Å². The Balaban J connectivity index is 2.20. The smallest absolute Gasteiger partial charge is 0.137 e. The van der Waals surface area contributed by atoms with E-state index in [2.05, 4.69) is 28.2 Å². The molecule has 0 aliphatic carbocycles. The highest BCUT2D eigenvalue weighted by Crippen LogP contribution is 2.32. The van der Waals surface area contributed by atoms with Crippen molar-refractivity contribution in [2.24, 2.45) is 5.92 Å². The van der Waals surface area contributed by atoms with Crippen molar-refractivity contribution in [2.45, 2.75) is 25.5 Å². The summed E-state index contributed by atoms with van der Waals surface area (Å²) in [6, 6.07) is 5.41. The molecule has 0 spiro atoms. The molecular formula is C13H17BrFNO. The number of halogens is 2. The van der Waals surface area contributed by atoms with Gasteiger partial charge in [-0.05, 0) is 54.0 Å². The molecule has 1 aromatic carbocycles. The molecule has 94 valence electrons. The summed E-state index contributed by atoms with van der Waals surface area (Å²) < 4.78 is 19.3. The van der Waals surface area contributed by atoms with Crippen molar-refractivity contribution in [3.8, 4) is 0 Å². The summed E-state index contributed by atoms with van der Waals surface area (Å²) in [6.07, 6.45) is 1.36. The van der Waals surface area contributed by atoms with E-state index in [0.717, 1.165) is 18.6 Å². The Morgan fingerprint density at radius 3 is 2.82 bits per heavy atom. The Bertz CT molecular complexity index is 399. The Labute approximate surface area is 110 Å². The Morgan fingerprint density at radius 1 is 1.53 bits per heavy atom. The summed E-state index contributed by atoms with van der Waals surface area (Å²) in [5, 5.41) is 3.30. The first-order valence-corrected chi connectivity index (χ1v) is 6.65. The second-order valence-electron chi connectivity index (χ2n) is 4.58. The lowest BCUT2D eigenvalue weighted by atomic mass is 9.91. The third kappa shape index (κ3) is 2.87. The average molecular weight is 302 g/mol. The van der Waals surface area contributed by atoms with Gasteiger partial charge in [-0.2, -0.15) is 0 Å². The third-order valence-corrected chi connectivity index (χ3v) is 3.92. The Hall–Kier alpha value is -0.450. The normalized spacial score (nSPS) is 26.1. The van der Waals surface area contributed by atoms with Gasteiger partial charge in [-0.15, -0.1) is 0 Å². The van der Waals surface area contributed by atoms with E-state index in [4.69, 9.17) is 4.74 Å². The standard InChI is InChI=1S/C13H17BrFNO/c1-8-5-10(7-17-8)13(16-2)9-3-4-12(15)11(14)6-9/h3-4,6,8,10,13,16H,5,7H2,1-2H3. The molecule has 3 unspecified atom stereocenters. The lowest BCUT2D eigenvalue weighted by Crippen LogP contribution is -2.25. The zero-order valence-electron chi connectivity index (χ0n) is 10.0. The molecule has 1 aliphatic rings. The van der Waals surface area contributed by atoms with Crippen molar-refractivity contribution in [3.05, 3.63) is 34.1 Å². The number of benzene rings is 1. The molecule has 2 nitrogen and oxygen atoms in total. The van der Waals surface area contributed by atoms with Crippen molar-refractivity contribution >= 4 is 15.9 Å². The summed E-state index contributed by atoms with van der Waals surface area (Å²) in [4.78, 5) is 0. The monoisotopic (exact) mass is 301 g/mol. The Morgan fingerprint density at radius 2 is 2.29 bits per heavy atom. The summed E-state index contributed by atoms with van der Waals surface area (Å²) in [6.45, 7) is 2.86. The average Bonchev–Trinajstić information content (AvgIpc) is 2.71. The van der Waals surface area contributed by atoms with Gasteiger partial charge in [0.1, 0.15) is 5.82 Å². The van der Waals surface area contributed by atoms with Gasteiger partial charge >= 0.3 is 0 Å². The molecule has 1 aliphatic heterocycles. The molecule has 0 aromatic heterocycles. The number of hydrogen-bond acceptors (Lipinski definition) is 2.